The van der Waals surface area contributed by atoms with E-state index < -0.39 is 0 Å². The van der Waals surface area contributed by atoms with Crippen molar-refractivity contribution in [1.29, 1.82) is 0 Å². The zero-order valence-electron chi connectivity index (χ0n) is 14.1. The minimum absolute atomic E-state index is 0.129. The standard InChI is InChI=1S/C17H21N3O2S2/c1-9-6-13(11(3)20(9)12-4-5-12)14(21)8-23-17-19-10(2)15(24-17)7-16(18)22/h6,12H,4-5,7-8H2,1-3H3,(H2,18,22). The molecule has 0 aliphatic heterocycles. The second-order valence-electron chi connectivity index (χ2n) is 6.23. The number of carbonyl (C=O) groups is 2. The Morgan fingerprint density at radius 2 is 2.08 bits per heavy atom. The van der Waals surface area contributed by atoms with E-state index in [0.717, 1.165) is 31.9 Å². The second-order valence-corrected chi connectivity index (χ2v) is 8.54. The first kappa shape index (κ1) is 17.2. The molecular formula is C17H21N3O2S2. The van der Waals surface area contributed by atoms with E-state index in [9.17, 15) is 9.59 Å². The van der Waals surface area contributed by atoms with E-state index in [1.165, 1.54) is 35.9 Å². The van der Waals surface area contributed by atoms with E-state index in [2.05, 4.69) is 16.5 Å². The van der Waals surface area contributed by atoms with Crippen molar-refractivity contribution >= 4 is 34.8 Å². The molecule has 7 heteroatoms. The molecule has 1 saturated carbocycles. The highest BCUT2D eigenvalue weighted by atomic mass is 32.2. The molecule has 1 aliphatic carbocycles. The Balaban J connectivity index is 1.68. The molecule has 0 atom stereocenters. The highest BCUT2D eigenvalue weighted by molar-refractivity contribution is 8.01. The van der Waals surface area contributed by atoms with Crippen molar-refractivity contribution in [3.05, 3.63) is 33.6 Å². The van der Waals surface area contributed by atoms with Crippen LogP contribution in [0.15, 0.2) is 10.4 Å². The molecule has 0 spiro atoms. The Labute approximate surface area is 149 Å². The number of hydrogen-bond donors (Lipinski definition) is 1. The van der Waals surface area contributed by atoms with Gasteiger partial charge in [0, 0.05) is 27.9 Å². The van der Waals surface area contributed by atoms with Crippen LogP contribution in [0.1, 0.15) is 51.2 Å². The number of amides is 1. The predicted octanol–water partition coefficient (Wildman–Crippen LogP) is 3.21. The fourth-order valence-corrected chi connectivity index (χ4v) is 5.07. The van der Waals surface area contributed by atoms with Crippen molar-refractivity contribution in [2.75, 3.05) is 5.75 Å². The average Bonchev–Trinajstić information content (AvgIpc) is 3.21. The molecular weight excluding hydrogens is 342 g/mol. The van der Waals surface area contributed by atoms with E-state index in [4.69, 9.17) is 5.73 Å². The maximum Gasteiger partial charge on any atom is 0.222 e. The minimum atomic E-state index is -0.359. The van der Waals surface area contributed by atoms with Gasteiger partial charge in [0.2, 0.25) is 5.91 Å². The van der Waals surface area contributed by atoms with Gasteiger partial charge in [-0.2, -0.15) is 0 Å². The Morgan fingerprint density at radius 3 is 2.71 bits per heavy atom. The lowest BCUT2D eigenvalue weighted by molar-refractivity contribution is -0.117. The van der Waals surface area contributed by atoms with Gasteiger partial charge in [-0.1, -0.05) is 11.8 Å². The molecule has 0 unspecified atom stereocenters. The van der Waals surface area contributed by atoms with Gasteiger partial charge < -0.3 is 10.3 Å². The summed E-state index contributed by atoms with van der Waals surface area (Å²) in [5.74, 6) is 0.129. The van der Waals surface area contributed by atoms with Gasteiger partial charge in [0.1, 0.15) is 0 Å². The lowest BCUT2D eigenvalue weighted by Crippen LogP contribution is -2.13. The van der Waals surface area contributed by atoms with E-state index in [-0.39, 0.29) is 18.1 Å². The fraction of sp³-hybridized carbons (Fsp3) is 0.471. The van der Waals surface area contributed by atoms with E-state index in [1.807, 2.05) is 19.9 Å². The van der Waals surface area contributed by atoms with Crippen LogP contribution in [0.3, 0.4) is 0 Å². The minimum Gasteiger partial charge on any atom is -0.369 e. The van der Waals surface area contributed by atoms with Crippen molar-refractivity contribution in [3.63, 3.8) is 0 Å². The number of thioether (sulfide) groups is 1. The van der Waals surface area contributed by atoms with Crippen molar-refractivity contribution in [1.82, 2.24) is 9.55 Å². The molecule has 0 bridgehead atoms. The quantitative estimate of drug-likeness (QED) is 0.605. The van der Waals surface area contributed by atoms with Crippen LogP contribution >= 0.6 is 23.1 Å². The number of primary amides is 1. The molecule has 0 saturated heterocycles. The number of aryl methyl sites for hydroxylation is 2. The molecule has 2 aromatic heterocycles. The number of nitrogens with zero attached hydrogens (tertiary/aromatic N) is 2. The molecule has 1 aliphatic rings. The highest BCUT2D eigenvalue weighted by Gasteiger charge is 2.28. The summed E-state index contributed by atoms with van der Waals surface area (Å²) < 4.78 is 3.10. The molecule has 1 fully saturated rings. The molecule has 3 rings (SSSR count). The molecule has 0 aromatic carbocycles. The first-order valence-electron chi connectivity index (χ1n) is 7.96. The summed E-state index contributed by atoms with van der Waals surface area (Å²) in [6, 6.07) is 2.58. The van der Waals surface area contributed by atoms with Crippen molar-refractivity contribution in [2.24, 2.45) is 5.73 Å². The van der Waals surface area contributed by atoms with Gasteiger partial charge in [-0.3, -0.25) is 9.59 Å². The number of ketones is 1. The summed E-state index contributed by atoms with van der Waals surface area (Å²) in [6.07, 6.45) is 2.63. The molecule has 0 radical (unpaired) electrons. The summed E-state index contributed by atoms with van der Waals surface area (Å²) in [5, 5.41) is 0. The van der Waals surface area contributed by atoms with Crippen LogP contribution in [-0.4, -0.2) is 27.0 Å². The maximum atomic E-state index is 12.6. The topological polar surface area (TPSA) is 78.0 Å². The number of carbonyl (C=O) groups excluding carboxylic acids is 2. The van der Waals surface area contributed by atoms with E-state index in [1.54, 1.807) is 0 Å². The van der Waals surface area contributed by atoms with Crippen LogP contribution in [0.4, 0.5) is 0 Å². The number of thiazole rings is 1. The monoisotopic (exact) mass is 363 g/mol. The summed E-state index contributed by atoms with van der Waals surface area (Å²) in [4.78, 5) is 28.9. The van der Waals surface area contributed by atoms with Gasteiger partial charge in [0.15, 0.2) is 10.1 Å². The van der Waals surface area contributed by atoms with Crippen LogP contribution in [0.2, 0.25) is 0 Å². The Morgan fingerprint density at radius 1 is 1.38 bits per heavy atom. The fourth-order valence-electron chi connectivity index (χ4n) is 2.94. The van der Waals surface area contributed by atoms with Crippen LogP contribution in [-0.2, 0) is 11.2 Å². The molecule has 2 heterocycles. The molecule has 5 nitrogen and oxygen atoms in total. The van der Waals surface area contributed by atoms with Gasteiger partial charge in [-0.05, 0) is 39.7 Å². The van der Waals surface area contributed by atoms with Crippen molar-refractivity contribution in [2.45, 2.75) is 50.4 Å². The summed E-state index contributed by atoms with van der Waals surface area (Å²) >= 11 is 2.88. The van der Waals surface area contributed by atoms with Gasteiger partial charge in [0.05, 0.1) is 17.9 Å². The zero-order chi connectivity index (χ0) is 17.4. The Hall–Kier alpha value is -1.60. The normalized spacial score (nSPS) is 14.1. The zero-order valence-corrected chi connectivity index (χ0v) is 15.7. The smallest absolute Gasteiger partial charge is 0.222 e. The molecule has 2 N–H and O–H groups in total. The van der Waals surface area contributed by atoms with E-state index >= 15 is 0 Å². The maximum absolute atomic E-state index is 12.6. The van der Waals surface area contributed by atoms with Crippen LogP contribution in [0.5, 0.6) is 0 Å². The van der Waals surface area contributed by atoms with Gasteiger partial charge in [-0.15, -0.1) is 11.3 Å². The number of Topliss-reactive ketones (excluding diaryl/α,β-unsaturated/α-hetero) is 1. The lowest BCUT2D eigenvalue weighted by Gasteiger charge is -2.07. The number of rotatable bonds is 7. The third kappa shape index (κ3) is 3.57. The molecule has 128 valence electrons. The predicted molar refractivity (Wildman–Crippen MR) is 97.0 cm³/mol. The second kappa shape index (κ2) is 6.72. The van der Waals surface area contributed by atoms with Gasteiger partial charge in [-0.25, -0.2) is 4.98 Å². The Bertz CT molecular complexity index is 803. The van der Waals surface area contributed by atoms with Crippen molar-refractivity contribution in [3.8, 4) is 0 Å². The molecule has 2 aromatic rings. The lowest BCUT2D eigenvalue weighted by atomic mass is 10.2. The molecule has 24 heavy (non-hydrogen) atoms. The SMILES string of the molecule is Cc1nc(SCC(=O)c2cc(C)n(C3CC3)c2C)sc1CC(N)=O. The van der Waals surface area contributed by atoms with Crippen LogP contribution < -0.4 is 5.73 Å². The number of aromatic nitrogens is 2. The summed E-state index contributed by atoms with van der Waals surface area (Å²) in [7, 11) is 0. The molecule has 1 amide bonds. The third-order valence-electron chi connectivity index (χ3n) is 4.23. The Kier molecular flexibility index (Phi) is 4.83. The first-order valence-corrected chi connectivity index (χ1v) is 9.76. The van der Waals surface area contributed by atoms with E-state index in [0.29, 0.717) is 11.8 Å². The summed E-state index contributed by atoms with van der Waals surface area (Å²) in [6.45, 7) is 5.96. The van der Waals surface area contributed by atoms with Crippen LogP contribution in [0, 0.1) is 20.8 Å². The largest absolute Gasteiger partial charge is 0.369 e. The number of nitrogens with two attached hydrogens (primary N) is 1. The van der Waals surface area contributed by atoms with Crippen LogP contribution in [0.25, 0.3) is 0 Å². The summed E-state index contributed by atoms with van der Waals surface area (Å²) in [5.41, 5.74) is 9.12. The third-order valence-corrected chi connectivity index (χ3v) is 6.53. The van der Waals surface area contributed by atoms with Gasteiger partial charge >= 0.3 is 0 Å². The average molecular weight is 364 g/mol. The first-order chi connectivity index (χ1) is 11.4. The highest BCUT2D eigenvalue weighted by Crippen LogP contribution is 2.38. The van der Waals surface area contributed by atoms with Gasteiger partial charge in [0.25, 0.3) is 0 Å². The van der Waals surface area contributed by atoms with Crippen molar-refractivity contribution < 1.29 is 9.59 Å². The number of hydrogen-bond acceptors (Lipinski definition) is 5.